The van der Waals surface area contributed by atoms with Crippen LogP contribution < -0.4 is 32.3 Å². The number of esters is 1. The fourth-order valence-electron chi connectivity index (χ4n) is 8.62. The number of carbonyl (C=O) groups is 3. The van der Waals surface area contributed by atoms with Gasteiger partial charge in [-0.15, -0.1) is 0 Å². The number of aliphatic hydroxyl groups is 1. The molecule has 7 atom stereocenters. The predicted octanol–water partition coefficient (Wildman–Crippen LogP) is 2.92. The monoisotopic (exact) mass is 755 g/mol. The van der Waals surface area contributed by atoms with E-state index in [0.717, 1.165) is 42.8 Å². The molecule has 296 valence electrons. The number of guanidine groups is 1. The van der Waals surface area contributed by atoms with Crippen molar-refractivity contribution < 1.29 is 29.0 Å². The summed E-state index contributed by atoms with van der Waals surface area (Å²) in [5.41, 5.74) is 5.85. The van der Waals surface area contributed by atoms with Crippen molar-refractivity contribution in [2.24, 2.45) is 22.6 Å². The van der Waals surface area contributed by atoms with Crippen LogP contribution in [0.15, 0.2) is 88.3 Å². The highest BCUT2D eigenvalue weighted by molar-refractivity contribution is 6.32. The number of hydrogen-bond donors (Lipinski definition) is 7. The minimum absolute atomic E-state index is 0.00636. The van der Waals surface area contributed by atoms with Gasteiger partial charge in [0.25, 0.3) is 5.60 Å². The summed E-state index contributed by atoms with van der Waals surface area (Å²) < 4.78 is 12.7. The number of rotatable bonds is 17. The summed E-state index contributed by atoms with van der Waals surface area (Å²) in [7, 11) is 3.48. The zero-order valence-electron chi connectivity index (χ0n) is 32.5. The summed E-state index contributed by atoms with van der Waals surface area (Å²) >= 11 is 0. The van der Waals surface area contributed by atoms with Gasteiger partial charge in [0.05, 0.1) is 12.7 Å². The van der Waals surface area contributed by atoms with Crippen LogP contribution in [0.2, 0.25) is 0 Å². The highest BCUT2D eigenvalue weighted by Gasteiger charge is 2.85. The Labute approximate surface area is 324 Å². The fraction of sp³-hybridized carbons (Fsp3) is 0.524. The summed E-state index contributed by atoms with van der Waals surface area (Å²) in [5.74, 6) is -0.452. The van der Waals surface area contributed by atoms with Crippen molar-refractivity contribution in [3.8, 4) is 0 Å². The zero-order chi connectivity index (χ0) is 39.2. The molecule has 2 heterocycles. The summed E-state index contributed by atoms with van der Waals surface area (Å²) in [5, 5.41) is 26.4. The Kier molecular flexibility index (Phi) is 12.8. The number of Topliss-reactive ketones (excluding diaryl/α,β-unsaturated/α-hetero) is 2. The van der Waals surface area contributed by atoms with E-state index in [9.17, 15) is 19.5 Å². The van der Waals surface area contributed by atoms with Crippen molar-refractivity contribution in [1.82, 2.24) is 26.6 Å². The van der Waals surface area contributed by atoms with E-state index in [2.05, 4.69) is 55.9 Å². The second-order valence-corrected chi connectivity index (χ2v) is 15.1. The van der Waals surface area contributed by atoms with Crippen LogP contribution in [0.3, 0.4) is 0 Å². The van der Waals surface area contributed by atoms with Crippen LogP contribution in [-0.4, -0.2) is 98.5 Å². The Bertz CT molecular complexity index is 1820. The molecular weight excluding hydrogens is 699 g/mol. The molecule has 1 saturated heterocycles. The summed E-state index contributed by atoms with van der Waals surface area (Å²) in [6.07, 6.45) is 16.1. The molecule has 0 spiro atoms. The third-order valence-corrected chi connectivity index (χ3v) is 11.5. The number of benzene rings is 1. The molecule has 1 aromatic carbocycles. The van der Waals surface area contributed by atoms with Gasteiger partial charge in [0, 0.05) is 49.7 Å². The molecule has 0 aromatic heterocycles. The van der Waals surface area contributed by atoms with Crippen molar-refractivity contribution in [1.29, 1.82) is 0 Å². The summed E-state index contributed by atoms with van der Waals surface area (Å²) in [6.45, 7) is 5.84. The molecular formula is C42H57N7O6. The minimum atomic E-state index is -2.12. The maximum absolute atomic E-state index is 14.7. The molecule has 0 radical (unpaired) electrons. The lowest BCUT2D eigenvalue weighted by molar-refractivity contribution is -0.158. The number of dihydropyridines is 1. The second kappa shape index (κ2) is 17.5. The number of hydrogen-bond acceptors (Lipinski definition) is 11. The fourth-order valence-corrected chi connectivity index (χ4v) is 8.62. The van der Waals surface area contributed by atoms with Gasteiger partial charge in [-0.05, 0) is 82.2 Å². The van der Waals surface area contributed by atoms with E-state index in [1.165, 1.54) is 5.57 Å². The molecule has 0 amide bonds. The molecule has 8 N–H and O–H groups in total. The number of fused-ring (bicyclic) bond motifs is 3. The van der Waals surface area contributed by atoms with E-state index in [1.807, 2.05) is 33.0 Å². The number of allylic oxidation sites excluding steroid dienone is 3. The second-order valence-electron chi connectivity index (χ2n) is 15.1. The van der Waals surface area contributed by atoms with Gasteiger partial charge in [0.2, 0.25) is 5.78 Å². The first-order chi connectivity index (χ1) is 26.6. The molecule has 1 aromatic rings. The maximum atomic E-state index is 14.7. The molecule has 0 bridgehead atoms. The van der Waals surface area contributed by atoms with Gasteiger partial charge in [-0.25, -0.2) is 4.79 Å². The Hall–Kier alpha value is -4.56. The summed E-state index contributed by atoms with van der Waals surface area (Å²) in [6, 6.07) is 6.25. The van der Waals surface area contributed by atoms with Gasteiger partial charge in [-0.1, -0.05) is 67.1 Å². The van der Waals surface area contributed by atoms with Crippen molar-refractivity contribution in [3.05, 3.63) is 94.4 Å². The van der Waals surface area contributed by atoms with Gasteiger partial charge in [0.15, 0.2) is 17.3 Å². The van der Waals surface area contributed by atoms with Crippen molar-refractivity contribution in [2.75, 3.05) is 40.5 Å². The van der Waals surface area contributed by atoms with E-state index < -0.39 is 34.8 Å². The van der Waals surface area contributed by atoms with E-state index in [4.69, 9.17) is 15.2 Å². The first-order valence-electron chi connectivity index (χ1n) is 19.6. The average molecular weight is 756 g/mol. The molecule has 0 unspecified atom stereocenters. The van der Waals surface area contributed by atoms with Gasteiger partial charge < -0.3 is 46.9 Å². The zero-order valence-corrected chi connectivity index (χ0v) is 32.5. The Balaban J connectivity index is 1.29. The predicted molar refractivity (Wildman–Crippen MR) is 212 cm³/mol. The van der Waals surface area contributed by atoms with E-state index in [1.54, 1.807) is 31.3 Å². The first kappa shape index (κ1) is 40.1. The lowest BCUT2D eigenvalue weighted by Crippen LogP contribution is -2.53. The van der Waals surface area contributed by atoms with Crippen molar-refractivity contribution in [3.63, 3.8) is 0 Å². The van der Waals surface area contributed by atoms with Crippen LogP contribution in [0, 0.1) is 11.8 Å². The average Bonchev–Trinajstić information content (AvgIpc) is 3.92. The number of epoxide rings is 1. The minimum Gasteiger partial charge on any atom is -0.459 e. The number of nitrogens with zero attached hydrogens (tertiary/aromatic N) is 1. The van der Waals surface area contributed by atoms with Crippen molar-refractivity contribution in [2.45, 2.75) is 88.2 Å². The highest BCUT2D eigenvalue weighted by Crippen LogP contribution is 2.59. The van der Waals surface area contributed by atoms with Gasteiger partial charge in [-0.2, -0.15) is 0 Å². The molecule has 5 aliphatic rings. The van der Waals surface area contributed by atoms with Crippen LogP contribution in [0.1, 0.15) is 79.5 Å². The number of nitrogens with one attached hydrogen (secondary N) is 5. The van der Waals surface area contributed by atoms with Gasteiger partial charge >= 0.3 is 5.97 Å². The third-order valence-electron chi connectivity index (χ3n) is 11.5. The number of ketones is 2. The third kappa shape index (κ3) is 8.07. The molecule has 1 fully saturated rings. The molecule has 13 heteroatoms. The van der Waals surface area contributed by atoms with E-state index in [0.29, 0.717) is 38.4 Å². The number of likely N-dealkylation sites (N-methyl/N-ethyl adjacent to an activating group) is 1. The standard InChI is InChI=1S/C42H57N7O6/c1-5-46-34-23-28-12-7-6-11-27(28)22-32(34)35(15-10-20-50)54-39(53)42-38(52)31-14-9-8-13-30(31)37(51)41(42,55-42)18-16-26(2)21-33(49-40(43)45-4)29-17-19-47-36(24-29)48-25-44-3/h7-9,12-14,16-17,23-24,27,32-35,44,46-48,50H,5-6,10-11,15,18-22,25H2,1-4H3,(H3,43,45,49)/b26-16+/t27-,32+,33+,34+,35-,41-,42-/m0/s1. The van der Waals surface area contributed by atoms with Crippen molar-refractivity contribution >= 4 is 23.5 Å². The Morgan fingerprint density at radius 2 is 2.02 bits per heavy atom. The SMILES string of the molecule is CCN[C@@H]1C=C2C=CCC[C@H]2C[C@H]1[C@H](CCCO)OC(=O)[C@]12O[C@@]1(C/C=C(\C)C[C@@H](NC(N)=NC)C1=CCNC(NCNC)=C1)C(=O)c1ccccc1C2=O. The van der Waals surface area contributed by atoms with Crippen LogP contribution in [0.4, 0.5) is 0 Å². The van der Waals surface area contributed by atoms with Crippen LogP contribution in [0.25, 0.3) is 0 Å². The smallest absolute Gasteiger partial charge is 0.350 e. The van der Waals surface area contributed by atoms with Crippen LogP contribution in [-0.2, 0) is 14.3 Å². The normalized spacial score (nSPS) is 28.3. The highest BCUT2D eigenvalue weighted by atomic mass is 16.7. The first-order valence-corrected chi connectivity index (χ1v) is 19.6. The molecule has 55 heavy (non-hydrogen) atoms. The number of aliphatic hydroxyl groups excluding tert-OH is 1. The molecule has 0 saturated carbocycles. The van der Waals surface area contributed by atoms with Crippen LogP contribution >= 0.6 is 0 Å². The largest absolute Gasteiger partial charge is 0.459 e. The number of nitrogens with two attached hydrogens (primary N) is 1. The molecule has 3 aliphatic carbocycles. The van der Waals surface area contributed by atoms with E-state index in [-0.39, 0.29) is 48.1 Å². The number of carbonyl (C=O) groups excluding carboxylic acids is 3. The Morgan fingerprint density at radius 1 is 1.24 bits per heavy atom. The Morgan fingerprint density at radius 3 is 2.75 bits per heavy atom. The molecule has 2 aliphatic heterocycles. The number of aliphatic imine (C=N–C) groups is 1. The topological polar surface area (TPSA) is 192 Å². The van der Waals surface area contributed by atoms with Crippen LogP contribution in [0.5, 0.6) is 0 Å². The van der Waals surface area contributed by atoms with Gasteiger partial charge in [-0.3, -0.25) is 14.6 Å². The molecule has 6 rings (SSSR count). The lowest BCUT2D eigenvalue weighted by Gasteiger charge is -2.40. The summed E-state index contributed by atoms with van der Waals surface area (Å²) in [4.78, 5) is 47.7. The maximum Gasteiger partial charge on any atom is 0.350 e. The quantitative estimate of drug-likeness (QED) is 0.0235. The lowest BCUT2D eigenvalue weighted by atomic mass is 9.71. The van der Waals surface area contributed by atoms with Gasteiger partial charge in [0.1, 0.15) is 11.9 Å². The number of ether oxygens (including phenoxy) is 2. The van der Waals surface area contributed by atoms with E-state index >= 15 is 0 Å². The molecule has 13 nitrogen and oxygen atoms in total.